The third-order valence-electron chi connectivity index (χ3n) is 5.48. The van der Waals surface area contributed by atoms with Gasteiger partial charge in [-0.2, -0.15) is 0 Å². The number of anilines is 1. The zero-order valence-corrected chi connectivity index (χ0v) is 15.3. The van der Waals surface area contributed by atoms with Crippen molar-refractivity contribution in [2.24, 2.45) is 0 Å². The molecule has 4 rings (SSSR count). The van der Waals surface area contributed by atoms with Crippen molar-refractivity contribution in [1.82, 2.24) is 0 Å². The minimum Gasteiger partial charge on any atom is -0.489 e. The zero-order valence-electron chi connectivity index (χ0n) is 14.5. The number of carbonyl (C=O) groups excluding carboxylic acids is 2. The molecule has 0 spiro atoms. The summed E-state index contributed by atoms with van der Waals surface area (Å²) < 4.78 is 20.5. The number of carbonyl (C=O) groups is 2. The molecule has 1 saturated carbocycles. The third kappa shape index (κ3) is 3.02. The summed E-state index contributed by atoms with van der Waals surface area (Å²) in [5, 5.41) is 0.161. The molecule has 0 bridgehead atoms. The molecule has 0 aromatic heterocycles. The van der Waals surface area contributed by atoms with Gasteiger partial charge < -0.3 is 4.74 Å². The minimum atomic E-state index is -0.687. The number of halogens is 2. The van der Waals surface area contributed by atoms with Crippen LogP contribution in [0.2, 0.25) is 5.02 Å². The van der Waals surface area contributed by atoms with Crippen LogP contribution in [0, 0.1) is 5.82 Å². The molecular weight excluding hydrogens is 357 g/mol. The fourth-order valence-corrected chi connectivity index (χ4v) is 4.30. The third-order valence-corrected chi connectivity index (χ3v) is 5.77. The van der Waals surface area contributed by atoms with Crippen LogP contribution in [0.1, 0.15) is 57.8 Å². The largest absolute Gasteiger partial charge is 0.489 e. The number of hydrogen-bond acceptors (Lipinski definition) is 3. The molecule has 138 valence electrons. The van der Waals surface area contributed by atoms with Crippen LogP contribution < -0.4 is 9.64 Å². The number of nitrogens with zero attached hydrogens (tertiary/aromatic N) is 1. The molecule has 6 heteroatoms. The summed E-state index contributed by atoms with van der Waals surface area (Å²) in [6, 6.07) is 2.54. The smallest absolute Gasteiger partial charge is 0.261 e. The maximum Gasteiger partial charge on any atom is 0.261 e. The quantitative estimate of drug-likeness (QED) is 0.701. The minimum absolute atomic E-state index is 0.0378. The lowest BCUT2D eigenvalue weighted by molar-refractivity contribution is -0.120. The molecule has 0 N–H and O–H groups in total. The Hall–Kier alpha value is -1.88. The van der Waals surface area contributed by atoms with E-state index in [0.29, 0.717) is 29.7 Å². The van der Waals surface area contributed by atoms with Gasteiger partial charge in [0.1, 0.15) is 11.6 Å². The van der Waals surface area contributed by atoms with Gasteiger partial charge in [0.25, 0.3) is 11.8 Å². The molecule has 0 unspecified atom stereocenters. The van der Waals surface area contributed by atoms with Crippen LogP contribution in [0.25, 0.3) is 0 Å². The number of imide groups is 1. The summed E-state index contributed by atoms with van der Waals surface area (Å²) in [5.74, 6) is -1.17. The molecule has 0 saturated heterocycles. The van der Waals surface area contributed by atoms with Crippen molar-refractivity contribution in [3.8, 4) is 5.75 Å². The van der Waals surface area contributed by atoms with E-state index in [9.17, 15) is 14.0 Å². The Morgan fingerprint density at radius 2 is 1.58 bits per heavy atom. The number of ether oxygens (including phenoxy) is 1. The first kappa shape index (κ1) is 17.5. The van der Waals surface area contributed by atoms with Crippen LogP contribution >= 0.6 is 11.6 Å². The number of benzene rings is 1. The van der Waals surface area contributed by atoms with Crippen molar-refractivity contribution in [2.75, 3.05) is 4.90 Å². The van der Waals surface area contributed by atoms with E-state index >= 15 is 0 Å². The predicted octanol–water partition coefficient (Wildman–Crippen LogP) is 4.93. The summed E-state index contributed by atoms with van der Waals surface area (Å²) in [6.45, 7) is 0. The summed E-state index contributed by atoms with van der Waals surface area (Å²) in [4.78, 5) is 26.3. The van der Waals surface area contributed by atoms with E-state index in [0.717, 1.165) is 49.5 Å². The van der Waals surface area contributed by atoms with E-state index in [1.165, 1.54) is 12.5 Å². The van der Waals surface area contributed by atoms with Crippen molar-refractivity contribution in [2.45, 2.75) is 63.9 Å². The molecule has 1 aromatic carbocycles. The van der Waals surface area contributed by atoms with E-state index in [1.807, 2.05) is 0 Å². The molecule has 1 aromatic rings. The second-order valence-corrected chi connectivity index (χ2v) is 7.63. The molecule has 3 aliphatic rings. The van der Waals surface area contributed by atoms with E-state index in [2.05, 4.69) is 0 Å². The molecule has 26 heavy (non-hydrogen) atoms. The molecule has 0 radical (unpaired) electrons. The van der Waals surface area contributed by atoms with Crippen LogP contribution in [0.5, 0.6) is 5.75 Å². The van der Waals surface area contributed by atoms with Crippen molar-refractivity contribution >= 4 is 29.1 Å². The number of amides is 2. The van der Waals surface area contributed by atoms with Gasteiger partial charge >= 0.3 is 0 Å². The van der Waals surface area contributed by atoms with Crippen molar-refractivity contribution in [3.05, 3.63) is 34.1 Å². The van der Waals surface area contributed by atoms with Crippen molar-refractivity contribution in [1.29, 1.82) is 0 Å². The lowest BCUT2D eigenvalue weighted by atomic mass is 9.93. The Kier molecular flexibility index (Phi) is 4.74. The summed E-state index contributed by atoms with van der Waals surface area (Å²) in [6.07, 6.45) is 8.20. The van der Waals surface area contributed by atoms with Crippen LogP contribution in [-0.4, -0.2) is 17.9 Å². The Bertz CT molecular complexity index is 770. The van der Waals surface area contributed by atoms with Gasteiger partial charge in [0.2, 0.25) is 0 Å². The molecule has 4 nitrogen and oxygen atoms in total. The second-order valence-electron chi connectivity index (χ2n) is 7.22. The lowest BCUT2D eigenvalue weighted by Gasteiger charge is -2.24. The highest BCUT2D eigenvalue weighted by molar-refractivity contribution is 6.34. The van der Waals surface area contributed by atoms with Gasteiger partial charge in [0.05, 0.1) is 16.8 Å². The molecular formula is C20H21ClFNO3. The zero-order chi connectivity index (χ0) is 18.3. The fourth-order valence-electron chi connectivity index (χ4n) is 4.10. The first-order valence-corrected chi connectivity index (χ1v) is 9.70. The molecule has 1 fully saturated rings. The molecule has 1 heterocycles. The molecule has 2 aliphatic carbocycles. The first-order chi connectivity index (χ1) is 12.6. The fraction of sp³-hybridized carbons (Fsp3) is 0.500. The van der Waals surface area contributed by atoms with Gasteiger partial charge in [-0.15, -0.1) is 0 Å². The first-order valence-electron chi connectivity index (χ1n) is 9.33. The summed E-state index contributed by atoms with van der Waals surface area (Å²) in [7, 11) is 0. The van der Waals surface area contributed by atoms with Gasteiger partial charge in [-0.05, 0) is 57.4 Å². The van der Waals surface area contributed by atoms with E-state index in [1.54, 1.807) is 0 Å². The maximum absolute atomic E-state index is 14.6. The highest BCUT2D eigenvalue weighted by Gasteiger charge is 2.41. The van der Waals surface area contributed by atoms with E-state index in [-0.39, 0.29) is 16.8 Å². The average Bonchev–Trinajstić information content (AvgIpc) is 2.90. The molecule has 0 atom stereocenters. The SMILES string of the molecule is O=C1C2=C(CCCC2)C(=O)N1c1cc(OC2CCCCC2)c(Cl)cc1F. The van der Waals surface area contributed by atoms with E-state index in [4.69, 9.17) is 16.3 Å². The molecule has 2 amide bonds. The van der Waals surface area contributed by atoms with Crippen LogP contribution in [0.15, 0.2) is 23.3 Å². The normalized spacial score (nSPS) is 21.4. The monoisotopic (exact) mass is 377 g/mol. The van der Waals surface area contributed by atoms with Gasteiger partial charge in [0.15, 0.2) is 0 Å². The Balaban J connectivity index is 1.65. The Labute approximate surface area is 156 Å². The van der Waals surface area contributed by atoms with E-state index < -0.39 is 17.6 Å². The number of hydrogen-bond donors (Lipinski definition) is 0. The van der Waals surface area contributed by atoms with Crippen molar-refractivity contribution < 1.29 is 18.7 Å². The lowest BCUT2D eigenvalue weighted by Crippen LogP contribution is -2.32. The second kappa shape index (κ2) is 7.03. The highest BCUT2D eigenvalue weighted by Crippen LogP contribution is 2.40. The van der Waals surface area contributed by atoms with Gasteiger partial charge in [-0.25, -0.2) is 9.29 Å². The summed E-state index contributed by atoms with van der Waals surface area (Å²) in [5.41, 5.74) is 1.00. The average molecular weight is 378 g/mol. The van der Waals surface area contributed by atoms with Gasteiger partial charge in [-0.3, -0.25) is 9.59 Å². The predicted molar refractivity (Wildman–Crippen MR) is 96.9 cm³/mol. The Morgan fingerprint density at radius 3 is 2.19 bits per heavy atom. The maximum atomic E-state index is 14.6. The van der Waals surface area contributed by atoms with Crippen molar-refractivity contribution in [3.63, 3.8) is 0 Å². The van der Waals surface area contributed by atoms with Crippen LogP contribution in [0.4, 0.5) is 10.1 Å². The highest BCUT2D eigenvalue weighted by atomic mass is 35.5. The Morgan fingerprint density at radius 1 is 0.962 bits per heavy atom. The van der Waals surface area contributed by atoms with Crippen LogP contribution in [-0.2, 0) is 9.59 Å². The van der Waals surface area contributed by atoms with Gasteiger partial charge in [-0.1, -0.05) is 18.0 Å². The number of rotatable bonds is 3. The van der Waals surface area contributed by atoms with Gasteiger partial charge in [0, 0.05) is 17.2 Å². The molecule has 1 aliphatic heterocycles. The topological polar surface area (TPSA) is 46.6 Å². The summed E-state index contributed by atoms with van der Waals surface area (Å²) >= 11 is 6.16. The standard InChI is InChI=1S/C20H21ClFNO3/c21-15-10-16(22)17(11-18(15)26-12-6-2-1-3-7-12)23-19(24)13-8-4-5-9-14(13)20(23)25/h10-12H,1-9H2. The van der Waals surface area contributed by atoms with Crippen LogP contribution in [0.3, 0.4) is 0 Å².